The summed E-state index contributed by atoms with van der Waals surface area (Å²) in [6.07, 6.45) is 2.01. The third-order valence-corrected chi connectivity index (χ3v) is 4.24. The Morgan fingerprint density at radius 1 is 0.920 bits per heavy atom. The van der Waals surface area contributed by atoms with E-state index in [1.165, 1.54) is 16.3 Å². The van der Waals surface area contributed by atoms with Crippen LogP contribution in [0.4, 0.5) is 0 Å². The van der Waals surface area contributed by atoms with Crippen LogP contribution in [0.25, 0.3) is 22.0 Å². The van der Waals surface area contributed by atoms with Crippen molar-refractivity contribution in [3.8, 4) is 11.3 Å². The first-order valence-electron chi connectivity index (χ1n) is 8.34. The number of fused-ring (bicyclic) bond motifs is 1. The van der Waals surface area contributed by atoms with Crippen molar-refractivity contribution < 1.29 is 9.42 Å². The van der Waals surface area contributed by atoms with Gasteiger partial charge in [-0.1, -0.05) is 66.7 Å². The van der Waals surface area contributed by atoms with Gasteiger partial charge in [-0.05, 0) is 22.4 Å². The van der Waals surface area contributed by atoms with Gasteiger partial charge >= 0.3 is 0 Å². The normalized spacial score (nSPS) is 11.1. The van der Waals surface area contributed by atoms with E-state index in [1.54, 1.807) is 0 Å². The summed E-state index contributed by atoms with van der Waals surface area (Å²) in [5.74, 6) is 0. The molecule has 0 saturated heterocycles. The monoisotopic (exact) mass is 330 g/mol. The van der Waals surface area contributed by atoms with Crippen LogP contribution in [0, 0.1) is 0 Å². The summed E-state index contributed by atoms with van der Waals surface area (Å²) < 4.78 is 9.54. The van der Waals surface area contributed by atoms with E-state index in [4.69, 9.17) is 4.74 Å². The summed E-state index contributed by atoms with van der Waals surface area (Å²) >= 11 is 0. The van der Waals surface area contributed by atoms with Crippen molar-refractivity contribution >= 4 is 10.8 Å². The maximum atomic E-state index is 5.85. The highest BCUT2D eigenvalue weighted by molar-refractivity contribution is 5.82. The molecule has 0 atom stereocenters. The van der Waals surface area contributed by atoms with Crippen molar-refractivity contribution in [1.29, 1.82) is 0 Å². The van der Waals surface area contributed by atoms with Gasteiger partial charge in [-0.3, -0.25) is 0 Å². The van der Waals surface area contributed by atoms with Crippen molar-refractivity contribution in [2.45, 2.75) is 13.3 Å². The van der Waals surface area contributed by atoms with E-state index in [9.17, 15) is 0 Å². The molecule has 0 amide bonds. The van der Waals surface area contributed by atoms with E-state index in [2.05, 4.69) is 59.8 Å². The van der Waals surface area contributed by atoms with Crippen LogP contribution >= 0.6 is 0 Å². The number of aryl methyl sites for hydroxylation is 1. The van der Waals surface area contributed by atoms with Gasteiger partial charge in [0.05, 0.1) is 11.8 Å². The van der Waals surface area contributed by atoms with E-state index in [0.29, 0.717) is 13.3 Å². The highest BCUT2D eigenvalue weighted by Crippen LogP contribution is 2.17. The zero-order chi connectivity index (χ0) is 17.1. The summed E-state index contributed by atoms with van der Waals surface area (Å²) in [6, 6.07) is 25.0. The number of benzene rings is 3. The van der Waals surface area contributed by atoms with Gasteiger partial charge in [0.15, 0.2) is 11.9 Å². The Balaban J connectivity index is 1.43. The molecular formula is C21H20N3O+. The Morgan fingerprint density at radius 2 is 1.68 bits per heavy atom. The Labute approximate surface area is 146 Å². The molecule has 4 aromatic rings. The number of ether oxygens (including phenoxy) is 1. The molecule has 0 unspecified atom stereocenters. The third kappa shape index (κ3) is 3.44. The van der Waals surface area contributed by atoms with Gasteiger partial charge in [-0.2, -0.15) is 0 Å². The molecule has 124 valence electrons. The number of rotatable bonds is 5. The standard InChI is InChI=1S/C21H20N3O/c1-23-21(19-8-3-2-4-9-19)14-24(22-23)16-25-15-17-11-12-18-7-5-6-10-20(18)13-17/h2-14H,15-16H2,1H3/q+1. The number of hydrogen-bond acceptors (Lipinski definition) is 2. The molecule has 0 aliphatic rings. The van der Waals surface area contributed by atoms with Gasteiger partial charge in [-0.15, -0.1) is 9.36 Å². The van der Waals surface area contributed by atoms with Crippen molar-refractivity contribution in [2.24, 2.45) is 7.05 Å². The molecule has 4 rings (SSSR count). The Hall–Kier alpha value is -2.98. The van der Waals surface area contributed by atoms with Gasteiger partial charge in [0.2, 0.25) is 6.73 Å². The lowest BCUT2D eigenvalue weighted by Gasteiger charge is -2.03. The van der Waals surface area contributed by atoms with E-state index in [-0.39, 0.29) is 0 Å². The molecule has 0 N–H and O–H groups in total. The molecule has 0 spiro atoms. The van der Waals surface area contributed by atoms with E-state index >= 15 is 0 Å². The average Bonchev–Trinajstić information content (AvgIpc) is 3.03. The maximum absolute atomic E-state index is 5.85. The van der Waals surface area contributed by atoms with Crippen LogP contribution in [0.3, 0.4) is 0 Å². The third-order valence-electron chi connectivity index (χ3n) is 4.24. The van der Waals surface area contributed by atoms with E-state index in [0.717, 1.165) is 11.3 Å². The molecule has 1 aromatic heterocycles. The molecule has 0 bridgehead atoms. The van der Waals surface area contributed by atoms with Crippen LogP contribution in [-0.2, 0) is 25.1 Å². The van der Waals surface area contributed by atoms with Gasteiger partial charge in [0.25, 0.3) is 0 Å². The molecule has 0 radical (unpaired) electrons. The molecule has 0 saturated carbocycles. The zero-order valence-corrected chi connectivity index (χ0v) is 14.2. The number of hydrogen-bond donors (Lipinski definition) is 0. The first-order valence-corrected chi connectivity index (χ1v) is 8.34. The average molecular weight is 330 g/mol. The highest BCUT2D eigenvalue weighted by atomic mass is 16.5. The fraction of sp³-hybridized carbons (Fsp3) is 0.143. The second-order valence-corrected chi connectivity index (χ2v) is 6.09. The van der Waals surface area contributed by atoms with Crippen molar-refractivity contribution in [3.05, 3.63) is 84.6 Å². The quantitative estimate of drug-likeness (QED) is 0.522. The van der Waals surface area contributed by atoms with E-state index < -0.39 is 0 Å². The molecule has 25 heavy (non-hydrogen) atoms. The predicted octanol–water partition coefficient (Wildman–Crippen LogP) is 3.70. The number of aromatic nitrogens is 3. The molecule has 4 heteroatoms. The highest BCUT2D eigenvalue weighted by Gasteiger charge is 2.14. The summed E-state index contributed by atoms with van der Waals surface area (Å²) in [4.78, 5) is 0. The van der Waals surface area contributed by atoms with E-state index in [1.807, 2.05) is 40.8 Å². The summed E-state index contributed by atoms with van der Waals surface area (Å²) in [7, 11) is 1.95. The first-order chi connectivity index (χ1) is 12.3. The van der Waals surface area contributed by atoms with Crippen molar-refractivity contribution in [1.82, 2.24) is 9.90 Å². The molecule has 3 aromatic carbocycles. The molecule has 0 aliphatic carbocycles. The summed E-state index contributed by atoms with van der Waals surface area (Å²) in [6.45, 7) is 0.989. The predicted molar refractivity (Wildman–Crippen MR) is 97.6 cm³/mol. The van der Waals surface area contributed by atoms with Crippen molar-refractivity contribution in [2.75, 3.05) is 0 Å². The molecular weight excluding hydrogens is 310 g/mol. The minimum atomic E-state index is 0.424. The zero-order valence-electron chi connectivity index (χ0n) is 14.2. The lowest BCUT2D eigenvalue weighted by molar-refractivity contribution is -0.786. The lowest BCUT2D eigenvalue weighted by Crippen LogP contribution is -2.37. The SMILES string of the molecule is Cn1n[n+](COCc2ccc3ccccc3c2)cc1-c1ccccc1. The van der Waals surface area contributed by atoms with Gasteiger partial charge in [0, 0.05) is 5.56 Å². The second kappa shape index (κ2) is 6.87. The van der Waals surface area contributed by atoms with Crippen LogP contribution in [-0.4, -0.2) is 9.90 Å². The summed E-state index contributed by atoms with van der Waals surface area (Å²) in [5.41, 5.74) is 3.37. The number of nitrogens with zero attached hydrogens (tertiary/aromatic N) is 3. The topological polar surface area (TPSA) is 30.9 Å². The van der Waals surface area contributed by atoms with Crippen molar-refractivity contribution in [3.63, 3.8) is 0 Å². The fourth-order valence-electron chi connectivity index (χ4n) is 2.99. The van der Waals surface area contributed by atoms with Gasteiger partial charge in [0.1, 0.15) is 7.05 Å². The van der Waals surface area contributed by atoms with Gasteiger partial charge < -0.3 is 4.74 Å². The molecule has 4 nitrogen and oxygen atoms in total. The van der Waals surface area contributed by atoms with Gasteiger partial charge in [-0.25, -0.2) is 0 Å². The lowest BCUT2D eigenvalue weighted by atomic mass is 10.1. The minimum absolute atomic E-state index is 0.424. The first kappa shape index (κ1) is 15.5. The molecule has 0 aliphatic heterocycles. The smallest absolute Gasteiger partial charge is 0.213 e. The van der Waals surface area contributed by atoms with Crippen LogP contribution in [0.5, 0.6) is 0 Å². The largest absolute Gasteiger partial charge is 0.335 e. The van der Waals surface area contributed by atoms with Crippen LogP contribution in [0.2, 0.25) is 0 Å². The van der Waals surface area contributed by atoms with Crippen LogP contribution in [0.1, 0.15) is 5.56 Å². The molecule has 0 fully saturated rings. The second-order valence-electron chi connectivity index (χ2n) is 6.09. The Morgan fingerprint density at radius 3 is 2.52 bits per heavy atom. The van der Waals surface area contributed by atoms with Crippen LogP contribution < -0.4 is 4.68 Å². The Kier molecular flexibility index (Phi) is 4.27. The Bertz CT molecular complexity index is 992. The fourth-order valence-corrected chi connectivity index (χ4v) is 2.99. The molecule has 1 heterocycles. The maximum Gasteiger partial charge on any atom is 0.213 e. The summed E-state index contributed by atoms with van der Waals surface area (Å²) in [5, 5.41) is 6.96. The minimum Gasteiger partial charge on any atom is -0.335 e. The van der Waals surface area contributed by atoms with Crippen LogP contribution in [0.15, 0.2) is 79.0 Å².